The van der Waals surface area contributed by atoms with Gasteiger partial charge in [-0.05, 0) is 43.2 Å². The number of nitrogens with zero attached hydrogens (tertiary/aromatic N) is 2. The number of nitrogens with one attached hydrogen (secondary N) is 1. The lowest BCUT2D eigenvalue weighted by atomic mass is 9.88. The smallest absolute Gasteiger partial charge is 0.228 e. The molecule has 1 aromatic carbocycles. The summed E-state index contributed by atoms with van der Waals surface area (Å²) in [6, 6.07) is 6.98. The molecule has 0 spiro atoms. The fourth-order valence-corrected chi connectivity index (χ4v) is 2.73. The highest BCUT2D eigenvalue weighted by Gasteiger charge is 2.33. The third kappa shape index (κ3) is 4.34. The number of hydrogen-bond acceptors (Lipinski definition) is 4. The van der Waals surface area contributed by atoms with Gasteiger partial charge in [-0.3, -0.25) is 4.79 Å². The van der Waals surface area contributed by atoms with E-state index in [4.69, 9.17) is 11.6 Å². The lowest BCUT2D eigenvalue weighted by molar-refractivity contribution is -0.119. The first-order chi connectivity index (χ1) is 11.8. The Kier molecular flexibility index (Phi) is 5.76. The highest BCUT2D eigenvalue weighted by molar-refractivity contribution is 6.30. The first-order valence-corrected chi connectivity index (χ1v) is 8.47. The van der Waals surface area contributed by atoms with Crippen molar-refractivity contribution in [3.63, 3.8) is 0 Å². The first kappa shape index (κ1) is 18.9. The van der Waals surface area contributed by atoms with Crippen molar-refractivity contribution in [1.82, 2.24) is 10.2 Å². The predicted octanol–water partition coefficient (Wildman–Crippen LogP) is 3.36. The van der Waals surface area contributed by atoms with E-state index >= 15 is 0 Å². The van der Waals surface area contributed by atoms with Crippen LogP contribution in [0.5, 0.6) is 5.75 Å². The Morgan fingerprint density at radius 3 is 2.80 bits per heavy atom. The summed E-state index contributed by atoms with van der Waals surface area (Å²) in [6.45, 7) is 6.46. The number of nitriles is 1. The number of aromatic hydroxyl groups is 1. The SMILES string of the molecule is CC(C)C(C)(C#N)N1C=CC(NC(=O)Cc2cc(Cl)ccc2O)=CC1. The van der Waals surface area contributed by atoms with Gasteiger partial charge in [0, 0.05) is 29.0 Å². The highest BCUT2D eigenvalue weighted by Crippen LogP contribution is 2.26. The maximum atomic E-state index is 12.2. The molecule has 0 saturated heterocycles. The van der Waals surface area contributed by atoms with Gasteiger partial charge in [0.1, 0.15) is 11.3 Å². The topological polar surface area (TPSA) is 76.4 Å². The number of hydrogen-bond donors (Lipinski definition) is 2. The largest absolute Gasteiger partial charge is 0.508 e. The molecule has 1 aromatic rings. The molecule has 0 aliphatic carbocycles. The van der Waals surface area contributed by atoms with Gasteiger partial charge in [0.25, 0.3) is 0 Å². The lowest BCUT2D eigenvalue weighted by Crippen LogP contribution is -2.47. The monoisotopic (exact) mass is 359 g/mol. The van der Waals surface area contributed by atoms with E-state index < -0.39 is 5.54 Å². The molecule has 5 nitrogen and oxygen atoms in total. The molecular weight excluding hydrogens is 338 g/mol. The van der Waals surface area contributed by atoms with E-state index in [1.54, 1.807) is 18.2 Å². The molecule has 0 saturated carbocycles. The molecule has 1 amide bonds. The van der Waals surface area contributed by atoms with Crippen molar-refractivity contribution in [3.05, 3.63) is 52.8 Å². The Hall–Kier alpha value is -2.45. The van der Waals surface area contributed by atoms with Gasteiger partial charge in [0.05, 0.1) is 12.5 Å². The van der Waals surface area contributed by atoms with Crippen LogP contribution in [0.3, 0.4) is 0 Å². The molecule has 0 fully saturated rings. The molecular formula is C19H22ClN3O2. The third-order valence-corrected chi connectivity index (χ3v) is 4.80. The summed E-state index contributed by atoms with van der Waals surface area (Å²) < 4.78 is 0. The van der Waals surface area contributed by atoms with Crippen LogP contribution < -0.4 is 5.32 Å². The number of allylic oxidation sites excluding steroid dienone is 1. The highest BCUT2D eigenvalue weighted by atomic mass is 35.5. The average molecular weight is 360 g/mol. The standard InChI is InChI=1S/C19H22ClN3O2/c1-13(2)19(3,12-21)23-8-6-16(7-9-23)22-18(25)11-14-10-15(20)4-5-17(14)24/h4-8,10,13,24H,9,11H2,1-3H3,(H,22,25). The number of amides is 1. The van der Waals surface area contributed by atoms with E-state index in [1.807, 2.05) is 37.9 Å². The Bertz CT molecular complexity index is 764. The molecule has 1 heterocycles. The van der Waals surface area contributed by atoms with Crippen molar-refractivity contribution in [2.45, 2.75) is 32.7 Å². The van der Waals surface area contributed by atoms with Gasteiger partial charge in [0.2, 0.25) is 5.91 Å². The fourth-order valence-electron chi connectivity index (χ4n) is 2.53. The van der Waals surface area contributed by atoms with Crippen LogP contribution in [0, 0.1) is 17.2 Å². The van der Waals surface area contributed by atoms with Crippen LogP contribution >= 0.6 is 11.6 Å². The zero-order chi connectivity index (χ0) is 18.6. The van der Waals surface area contributed by atoms with Gasteiger partial charge in [0.15, 0.2) is 0 Å². The van der Waals surface area contributed by atoms with Gasteiger partial charge >= 0.3 is 0 Å². The molecule has 25 heavy (non-hydrogen) atoms. The number of benzene rings is 1. The molecule has 0 radical (unpaired) electrons. The van der Waals surface area contributed by atoms with E-state index in [-0.39, 0.29) is 24.0 Å². The van der Waals surface area contributed by atoms with Crippen LogP contribution in [0.1, 0.15) is 26.3 Å². The second-order valence-corrected chi connectivity index (χ2v) is 6.98. The van der Waals surface area contributed by atoms with Gasteiger partial charge < -0.3 is 15.3 Å². The predicted molar refractivity (Wildman–Crippen MR) is 97.7 cm³/mol. The van der Waals surface area contributed by atoms with Crippen LogP contribution in [0.15, 0.2) is 42.2 Å². The quantitative estimate of drug-likeness (QED) is 0.845. The van der Waals surface area contributed by atoms with E-state index in [0.29, 0.717) is 22.8 Å². The van der Waals surface area contributed by atoms with E-state index in [0.717, 1.165) is 0 Å². The first-order valence-electron chi connectivity index (χ1n) is 8.10. The Labute approximate surface area is 153 Å². The van der Waals surface area contributed by atoms with Crippen molar-refractivity contribution < 1.29 is 9.90 Å². The van der Waals surface area contributed by atoms with Gasteiger partial charge in [-0.2, -0.15) is 5.26 Å². The summed E-state index contributed by atoms with van der Waals surface area (Å²) in [5.41, 5.74) is 0.547. The van der Waals surface area contributed by atoms with E-state index in [1.165, 1.54) is 6.07 Å². The summed E-state index contributed by atoms with van der Waals surface area (Å²) in [5, 5.41) is 22.5. The van der Waals surface area contributed by atoms with Crippen molar-refractivity contribution in [1.29, 1.82) is 5.26 Å². The number of rotatable bonds is 5. The maximum Gasteiger partial charge on any atom is 0.228 e. The minimum absolute atomic E-state index is 0.0309. The summed E-state index contributed by atoms with van der Waals surface area (Å²) in [4.78, 5) is 14.1. The third-order valence-electron chi connectivity index (χ3n) is 4.57. The van der Waals surface area contributed by atoms with Crippen molar-refractivity contribution in [2.75, 3.05) is 6.54 Å². The molecule has 1 aliphatic heterocycles. The summed E-state index contributed by atoms with van der Waals surface area (Å²) in [6.07, 6.45) is 5.50. The van der Waals surface area contributed by atoms with Crippen LogP contribution in [0.4, 0.5) is 0 Å². The summed E-state index contributed by atoms with van der Waals surface area (Å²) in [5.74, 6) is -0.0353. The fraction of sp³-hybridized carbons (Fsp3) is 0.368. The van der Waals surface area contributed by atoms with E-state index in [9.17, 15) is 15.2 Å². The summed E-state index contributed by atoms with van der Waals surface area (Å²) >= 11 is 5.89. The summed E-state index contributed by atoms with van der Waals surface area (Å²) in [7, 11) is 0. The Morgan fingerprint density at radius 2 is 2.24 bits per heavy atom. The number of phenolic OH excluding ortho intramolecular Hbond substituents is 1. The molecule has 132 valence electrons. The minimum atomic E-state index is -0.602. The van der Waals surface area contributed by atoms with Crippen LogP contribution in [-0.2, 0) is 11.2 Å². The van der Waals surface area contributed by atoms with Crippen molar-refractivity contribution in [3.8, 4) is 11.8 Å². The number of carbonyl (C=O) groups excluding carboxylic acids is 1. The molecule has 0 bridgehead atoms. The van der Waals surface area contributed by atoms with Crippen LogP contribution in [-0.4, -0.2) is 28.0 Å². The van der Waals surface area contributed by atoms with E-state index in [2.05, 4.69) is 11.4 Å². The normalized spacial score (nSPS) is 16.2. The molecule has 6 heteroatoms. The van der Waals surface area contributed by atoms with Gasteiger partial charge in [-0.25, -0.2) is 0 Å². The number of phenols is 1. The molecule has 1 atom stereocenters. The van der Waals surface area contributed by atoms with Crippen molar-refractivity contribution >= 4 is 17.5 Å². The Balaban J connectivity index is 1.99. The number of halogens is 1. The Morgan fingerprint density at radius 1 is 1.52 bits per heavy atom. The number of carbonyl (C=O) groups is 1. The second kappa shape index (κ2) is 7.62. The molecule has 0 aromatic heterocycles. The zero-order valence-electron chi connectivity index (χ0n) is 14.6. The van der Waals surface area contributed by atoms with Crippen LogP contribution in [0.2, 0.25) is 5.02 Å². The lowest BCUT2D eigenvalue weighted by Gasteiger charge is -2.39. The van der Waals surface area contributed by atoms with Crippen molar-refractivity contribution in [2.24, 2.45) is 5.92 Å². The molecule has 1 aliphatic rings. The molecule has 2 rings (SSSR count). The average Bonchev–Trinajstić information content (AvgIpc) is 2.57. The maximum absolute atomic E-state index is 12.2. The second-order valence-electron chi connectivity index (χ2n) is 6.54. The molecule has 1 unspecified atom stereocenters. The van der Waals surface area contributed by atoms with Gasteiger partial charge in [-0.15, -0.1) is 0 Å². The molecule has 2 N–H and O–H groups in total. The zero-order valence-corrected chi connectivity index (χ0v) is 15.3. The van der Waals surface area contributed by atoms with Crippen LogP contribution in [0.25, 0.3) is 0 Å². The minimum Gasteiger partial charge on any atom is -0.508 e. The van der Waals surface area contributed by atoms with Gasteiger partial charge in [-0.1, -0.05) is 25.4 Å².